The molecule has 0 amide bonds. The molecular weight excluding hydrogens is 384 g/mol. The first-order valence-electron chi connectivity index (χ1n) is 10.2. The molecule has 6 heteroatoms. The molecule has 1 aliphatic heterocycles. The van der Waals surface area contributed by atoms with Crippen LogP contribution in [-0.2, 0) is 9.47 Å². The molecule has 3 rings (SSSR count). The van der Waals surface area contributed by atoms with Crippen LogP contribution in [0.15, 0.2) is 24.3 Å². The summed E-state index contributed by atoms with van der Waals surface area (Å²) in [5.41, 5.74) is 0.0336. The molecule has 1 aliphatic carbocycles. The lowest BCUT2D eigenvalue weighted by molar-refractivity contribution is -0.206. The van der Waals surface area contributed by atoms with Crippen molar-refractivity contribution in [2.75, 3.05) is 13.2 Å². The van der Waals surface area contributed by atoms with Crippen LogP contribution in [0.4, 0.5) is 17.6 Å². The lowest BCUT2D eigenvalue weighted by atomic mass is 9.82. The van der Waals surface area contributed by atoms with Crippen molar-refractivity contribution in [3.63, 3.8) is 0 Å². The van der Waals surface area contributed by atoms with Gasteiger partial charge >= 0.3 is 0 Å². The fourth-order valence-corrected chi connectivity index (χ4v) is 3.94. The van der Waals surface area contributed by atoms with E-state index in [4.69, 9.17) is 9.47 Å². The standard InChI is InChI=1S/C23H26F4O2/c1-2-3-17-13-28-23(29-14-17)18-11-20(24)19(21(25)12-18)9-8-15-4-6-16(7-5-15)10-22(26)27/h10-12,15-17,23H,2-7,13-14H2,1H3/t15-,16-,17-,23-. The van der Waals surface area contributed by atoms with Crippen LogP contribution in [0.5, 0.6) is 0 Å². The van der Waals surface area contributed by atoms with Crippen molar-refractivity contribution in [3.8, 4) is 11.8 Å². The summed E-state index contributed by atoms with van der Waals surface area (Å²) in [5, 5.41) is 0. The monoisotopic (exact) mass is 410 g/mol. The van der Waals surface area contributed by atoms with Crippen molar-refractivity contribution in [2.45, 2.75) is 51.7 Å². The minimum atomic E-state index is -1.66. The zero-order chi connectivity index (χ0) is 20.8. The van der Waals surface area contributed by atoms with Gasteiger partial charge in [-0.3, -0.25) is 0 Å². The normalized spacial score (nSPS) is 27.1. The Bertz CT molecular complexity index is 753. The molecule has 1 aromatic rings. The van der Waals surface area contributed by atoms with E-state index < -0.39 is 24.0 Å². The third kappa shape index (κ3) is 6.07. The molecule has 2 fully saturated rings. The Morgan fingerprint density at radius 3 is 2.24 bits per heavy atom. The van der Waals surface area contributed by atoms with Crippen molar-refractivity contribution in [1.29, 1.82) is 0 Å². The topological polar surface area (TPSA) is 18.5 Å². The number of ether oxygens (including phenoxy) is 2. The van der Waals surface area contributed by atoms with E-state index in [0.29, 0.717) is 50.4 Å². The first kappa shape index (κ1) is 21.9. The zero-order valence-corrected chi connectivity index (χ0v) is 16.5. The molecule has 0 spiro atoms. The molecule has 0 N–H and O–H groups in total. The lowest BCUT2D eigenvalue weighted by Crippen LogP contribution is -2.27. The molecule has 1 aromatic carbocycles. The molecule has 2 aliphatic rings. The van der Waals surface area contributed by atoms with Gasteiger partial charge in [0.05, 0.1) is 18.8 Å². The summed E-state index contributed by atoms with van der Waals surface area (Å²) in [4.78, 5) is 0. The van der Waals surface area contributed by atoms with E-state index in [9.17, 15) is 17.6 Å². The van der Waals surface area contributed by atoms with E-state index in [1.165, 1.54) is 12.1 Å². The summed E-state index contributed by atoms with van der Waals surface area (Å²) in [6.45, 7) is 3.10. The van der Waals surface area contributed by atoms with Gasteiger partial charge in [0.15, 0.2) is 6.29 Å². The smallest absolute Gasteiger partial charge is 0.266 e. The Hall–Kier alpha value is -1.84. The van der Waals surface area contributed by atoms with Crippen LogP contribution in [0.1, 0.15) is 62.9 Å². The number of benzene rings is 1. The average Bonchev–Trinajstić information content (AvgIpc) is 2.69. The minimum Gasteiger partial charge on any atom is -0.348 e. The van der Waals surface area contributed by atoms with Crippen molar-refractivity contribution in [3.05, 3.63) is 47.1 Å². The lowest BCUT2D eigenvalue weighted by Gasteiger charge is -2.29. The fourth-order valence-electron chi connectivity index (χ4n) is 3.94. The van der Waals surface area contributed by atoms with E-state index in [2.05, 4.69) is 18.8 Å². The average molecular weight is 410 g/mol. The van der Waals surface area contributed by atoms with Crippen LogP contribution in [-0.4, -0.2) is 13.2 Å². The third-order valence-corrected chi connectivity index (χ3v) is 5.53. The molecule has 1 saturated heterocycles. The Balaban J connectivity index is 1.63. The van der Waals surface area contributed by atoms with Gasteiger partial charge in [0.2, 0.25) is 0 Å². The molecule has 0 radical (unpaired) electrons. The van der Waals surface area contributed by atoms with Crippen LogP contribution in [0.25, 0.3) is 0 Å². The molecule has 2 nitrogen and oxygen atoms in total. The number of hydrogen-bond donors (Lipinski definition) is 0. The van der Waals surface area contributed by atoms with Crippen LogP contribution in [0, 0.1) is 41.2 Å². The number of halogens is 4. The van der Waals surface area contributed by atoms with Crippen LogP contribution < -0.4 is 0 Å². The first-order valence-corrected chi connectivity index (χ1v) is 10.2. The molecular formula is C23H26F4O2. The summed E-state index contributed by atoms with van der Waals surface area (Å²) in [7, 11) is 0. The van der Waals surface area contributed by atoms with Gasteiger partial charge in [0, 0.05) is 17.4 Å². The summed E-state index contributed by atoms with van der Waals surface area (Å²) in [5.74, 6) is 4.17. The van der Waals surface area contributed by atoms with Crippen molar-refractivity contribution in [2.24, 2.45) is 17.8 Å². The Morgan fingerprint density at radius 2 is 1.69 bits per heavy atom. The van der Waals surface area contributed by atoms with Gasteiger partial charge < -0.3 is 9.47 Å². The zero-order valence-electron chi connectivity index (χ0n) is 16.5. The van der Waals surface area contributed by atoms with Gasteiger partial charge in [-0.1, -0.05) is 25.2 Å². The van der Waals surface area contributed by atoms with E-state index >= 15 is 0 Å². The van der Waals surface area contributed by atoms with Gasteiger partial charge in [-0.15, -0.1) is 0 Å². The van der Waals surface area contributed by atoms with Gasteiger partial charge in [0.25, 0.3) is 6.08 Å². The highest BCUT2D eigenvalue weighted by Crippen LogP contribution is 2.31. The van der Waals surface area contributed by atoms with Crippen LogP contribution >= 0.6 is 0 Å². The summed E-state index contributed by atoms with van der Waals surface area (Å²) < 4.78 is 64.9. The maximum Gasteiger partial charge on any atom is 0.266 e. The molecule has 0 unspecified atom stereocenters. The highest BCUT2D eigenvalue weighted by molar-refractivity contribution is 5.40. The van der Waals surface area contributed by atoms with E-state index in [-0.39, 0.29) is 17.4 Å². The Kier molecular flexibility index (Phi) is 7.74. The van der Waals surface area contributed by atoms with Crippen molar-refractivity contribution < 1.29 is 27.0 Å². The number of allylic oxidation sites excluding steroid dienone is 1. The predicted octanol–water partition coefficient (Wildman–Crippen LogP) is 6.36. The Labute approximate surface area is 169 Å². The van der Waals surface area contributed by atoms with Crippen molar-refractivity contribution >= 4 is 0 Å². The first-order chi connectivity index (χ1) is 14.0. The highest BCUT2D eigenvalue weighted by Gasteiger charge is 2.25. The van der Waals surface area contributed by atoms with Gasteiger partial charge in [-0.2, -0.15) is 8.78 Å². The summed E-state index contributed by atoms with van der Waals surface area (Å²) in [6, 6.07) is 2.42. The van der Waals surface area contributed by atoms with Crippen LogP contribution in [0.2, 0.25) is 0 Å². The maximum absolute atomic E-state index is 14.5. The van der Waals surface area contributed by atoms with Gasteiger partial charge in [0.1, 0.15) is 11.6 Å². The molecule has 0 aromatic heterocycles. The predicted molar refractivity (Wildman–Crippen MR) is 102 cm³/mol. The van der Waals surface area contributed by atoms with E-state index in [1.54, 1.807) is 0 Å². The second-order valence-corrected chi connectivity index (χ2v) is 7.85. The molecule has 0 bridgehead atoms. The SMILES string of the molecule is CCC[C@H]1CO[C@H](c2cc(F)c(C#C[C@H]3CC[C@H](C=C(F)F)CC3)c(F)c2)OC1. The van der Waals surface area contributed by atoms with Gasteiger partial charge in [-0.05, 0) is 56.2 Å². The Morgan fingerprint density at radius 1 is 1.07 bits per heavy atom. The number of rotatable bonds is 4. The largest absolute Gasteiger partial charge is 0.348 e. The highest BCUT2D eigenvalue weighted by atomic mass is 19.3. The maximum atomic E-state index is 14.5. The molecule has 29 heavy (non-hydrogen) atoms. The van der Waals surface area contributed by atoms with Crippen molar-refractivity contribution in [1.82, 2.24) is 0 Å². The molecule has 1 heterocycles. The number of hydrogen-bond acceptors (Lipinski definition) is 2. The third-order valence-electron chi connectivity index (χ3n) is 5.53. The van der Waals surface area contributed by atoms with E-state index in [0.717, 1.165) is 18.9 Å². The van der Waals surface area contributed by atoms with Crippen LogP contribution in [0.3, 0.4) is 0 Å². The molecule has 1 saturated carbocycles. The summed E-state index contributed by atoms with van der Waals surface area (Å²) in [6.07, 6.45) is 3.09. The van der Waals surface area contributed by atoms with Gasteiger partial charge in [-0.25, -0.2) is 8.78 Å². The molecule has 0 atom stereocenters. The molecule has 158 valence electrons. The fraction of sp³-hybridized carbons (Fsp3) is 0.565. The second kappa shape index (κ2) is 10.3. The quantitative estimate of drug-likeness (QED) is 0.424. The minimum absolute atomic E-state index is 0.0405. The summed E-state index contributed by atoms with van der Waals surface area (Å²) >= 11 is 0. The van der Waals surface area contributed by atoms with E-state index in [1.807, 2.05) is 0 Å². The second-order valence-electron chi connectivity index (χ2n) is 7.85.